The van der Waals surface area contributed by atoms with Crippen LogP contribution in [0.3, 0.4) is 0 Å². The molecule has 0 aliphatic heterocycles. The molecule has 10 aromatic carbocycles. The summed E-state index contributed by atoms with van der Waals surface area (Å²) in [7, 11) is 0. The van der Waals surface area contributed by atoms with Crippen molar-refractivity contribution in [2.45, 2.75) is 0 Å². The molecule has 14 rings (SSSR count). The minimum atomic E-state index is 0.591. The van der Waals surface area contributed by atoms with Gasteiger partial charge in [0, 0.05) is 66.1 Å². The molecule has 6 nitrogen and oxygen atoms in total. The van der Waals surface area contributed by atoms with Crippen molar-refractivity contribution in [2.24, 2.45) is 0 Å². The van der Waals surface area contributed by atoms with Gasteiger partial charge >= 0.3 is 0 Å². The van der Waals surface area contributed by atoms with Crippen LogP contribution in [0.5, 0.6) is 0 Å². The summed E-state index contributed by atoms with van der Waals surface area (Å²) in [6.07, 6.45) is 0. The van der Waals surface area contributed by atoms with Gasteiger partial charge in [0.15, 0.2) is 5.82 Å². The van der Waals surface area contributed by atoms with E-state index in [-0.39, 0.29) is 0 Å². The standard InChI is InChI=1S/C65H40N6/c66-41-46-37-47(31-34-50(46)42-27-29-44(30-28-42)58-40-57(43-15-3-1-4-16-43)67-65(68-58)45-17-5-2-6-18-45)69-63-35-32-48(70-59-23-11-7-19-51(59)52-20-8-12-24-60(52)70)38-55(63)56-39-49(33-36-64(56)69)71-61-25-13-9-21-53(61)54-22-10-14-26-62(54)71/h1-40H. The first kappa shape index (κ1) is 40.3. The third-order valence-corrected chi connectivity index (χ3v) is 14.1. The van der Waals surface area contributed by atoms with E-state index in [2.05, 4.69) is 208 Å². The van der Waals surface area contributed by atoms with Gasteiger partial charge < -0.3 is 13.7 Å². The number of hydrogen-bond acceptors (Lipinski definition) is 3. The van der Waals surface area contributed by atoms with Gasteiger partial charge in [-0.25, -0.2) is 9.97 Å². The first-order valence-corrected chi connectivity index (χ1v) is 23.9. The molecule has 0 amide bonds. The Kier molecular flexibility index (Phi) is 9.16. The summed E-state index contributed by atoms with van der Waals surface area (Å²) in [5, 5.41) is 18.0. The molecule has 4 aromatic heterocycles. The van der Waals surface area contributed by atoms with Gasteiger partial charge in [-0.2, -0.15) is 5.26 Å². The van der Waals surface area contributed by atoms with E-state index in [1.807, 2.05) is 54.6 Å². The smallest absolute Gasteiger partial charge is 0.160 e. The molecule has 0 aliphatic rings. The molecule has 0 saturated carbocycles. The number of nitrogens with zero attached hydrogens (tertiary/aromatic N) is 6. The van der Waals surface area contributed by atoms with Gasteiger partial charge in [-0.15, -0.1) is 0 Å². The van der Waals surface area contributed by atoms with E-state index in [1.165, 1.54) is 21.5 Å². The lowest BCUT2D eigenvalue weighted by atomic mass is 9.97. The number of fused-ring (bicyclic) bond motifs is 9. The van der Waals surface area contributed by atoms with Crippen LogP contribution in [-0.4, -0.2) is 23.7 Å². The zero-order valence-corrected chi connectivity index (χ0v) is 38.3. The number of nitriles is 1. The van der Waals surface area contributed by atoms with E-state index in [1.54, 1.807) is 0 Å². The molecule has 0 N–H and O–H groups in total. The van der Waals surface area contributed by atoms with Crippen molar-refractivity contribution < 1.29 is 0 Å². The van der Waals surface area contributed by atoms with Gasteiger partial charge in [-0.3, -0.25) is 0 Å². The molecule has 71 heavy (non-hydrogen) atoms. The number of rotatable bonds is 7. The van der Waals surface area contributed by atoms with Crippen LogP contribution in [0.1, 0.15) is 5.56 Å². The average molecular weight is 905 g/mol. The molecular formula is C65H40N6. The van der Waals surface area contributed by atoms with Gasteiger partial charge in [-0.05, 0) is 90.0 Å². The minimum absolute atomic E-state index is 0.591. The van der Waals surface area contributed by atoms with Crippen LogP contribution in [0.2, 0.25) is 0 Å². The lowest BCUT2D eigenvalue weighted by Gasteiger charge is -2.13. The van der Waals surface area contributed by atoms with Crippen LogP contribution in [-0.2, 0) is 0 Å². The van der Waals surface area contributed by atoms with Gasteiger partial charge in [0.1, 0.15) is 0 Å². The van der Waals surface area contributed by atoms with Crippen LogP contribution in [0.15, 0.2) is 243 Å². The number of hydrogen-bond donors (Lipinski definition) is 0. The molecule has 0 atom stereocenters. The largest absolute Gasteiger partial charge is 0.309 e. The Labute approximate surface area is 408 Å². The van der Waals surface area contributed by atoms with E-state index >= 15 is 0 Å². The molecule has 6 heteroatoms. The second kappa shape index (κ2) is 16.2. The van der Waals surface area contributed by atoms with Gasteiger partial charge in [0.25, 0.3) is 0 Å². The van der Waals surface area contributed by atoms with Gasteiger partial charge in [0.2, 0.25) is 0 Å². The Balaban J connectivity index is 0.916. The highest BCUT2D eigenvalue weighted by molar-refractivity contribution is 6.14. The van der Waals surface area contributed by atoms with E-state index in [0.717, 1.165) is 100 Å². The molecule has 0 bridgehead atoms. The molecule has 14 aromatic rings. The third-order valence-electron chi connectivity index (χ3n) is 14.1. The van der Waals surface area contributed by atoms with Crippen molar-refractivity contribution in [3.05, 3.63) is 248 Å². The molecular weight excluding hydrogens is 865 g/mol. The topological polar surface area (TPSA) is 64.4 Å². The molecule has 4 heterocycles. The molecule has 0 spiro atoms. The molecule has 0 fully saturated rings. The minimum Gasteiger partial charge on any atom is -0.309 e. The Bertz CT molecular complexity index is 4120. The predicted octanol–water partition coefficient (Wildman–Crippen LogP) is 16.3. The molecule has 330 valence electrons. The summed E-state index contributed by atoms with van der Waals surface area (Å²) in [4.78, 5) is 10.0. The van der Waals surface area contributed by atoms with Crippen LogP contribution in [0.4, 0.5) is 0 Å². The number of aromatic nitrogens is 5. The third kappa shape index (κ3) is 6.49. The van der Waals surface area contributed by atoms with Gasteiger partial charge in [0.05, 0.1) is 56.1 Å². The van der Waals surface area contributed by atoms with Crippen LogP contribution < -0.4 is 0 Å². The SMILES string of the molecule is N#Cc1cc(-n2c3ccc(-n4c5ccccc5c5ccccc54)cc3c3cc(-n4c5ccccc5c5ccccc54)ccc32)ccc1-c1ccc(-c2cc(-c3ccccc3)nc(-c3ccccc3)n2)cc1. The summed E-state index contributed by atoms with van der Waals surface area (Å²) in [5.41, 5.74) is 16.9. The van der Waals surface area contributed by atoms with Crippen molar-refractivity contribution in [3.63, 3.8) is 0 Å². The summed E-state index contributed by atoms with van der Waals surface area (Å²) in [5.74, 6) is 0.671. The normalized spacial score (nSPS) is 11.6. The molecule has 0 aliphatic carbocycles. The zero-order valence-electron chi connectivity index (χ0n) is 38.3. The highest BCUT2D eigenvalue weighted by Gasteiger charge is 2.20. The predicted molar refractivity (Wildman–Crippen MR) is 292 cm³/mol. The summed E-state index contributed by atoms with van der Waals surface area (Å²) in [6.45, 7) is 0. The lowest BCUT2D eigenvalue weighted by Crippen LogP contribution is -1.98. The monoisotopic (exact) mass is 904 g/mol. The Morgan fingerprint density at radius 2 is 0.662 bits per heavy atom. The van der Waals surface area contributed by atoms with E-state index in [9.17, 15) is 5.26 Å². The lowest BCUT2D eigenvalue weighted by molar-refractivity contribution is 1.16. The maximum Gasteiger partial charge on any atom is 0.160 e. The summed E-state index contributed by atoms with van der Waals surface area (Å²) < 4.78 is 7.08. The van der Waals surface area contributed by atoms with Crippen LogP contribution in [0, 0.1) is 11.3 Å². The molecule has 0 unspecified atom stereocenters. The molecule has 0 radical (unpaired) electrons. The number of benzene rings is 10. The van der Waals surface area contributed by atoms with E-state index < -0.39 is 0 Å². The molecule has 0 saturated heterocycles. The Morgan fingerprint density at radius 1 is 0.296 bits per heavy atom. The maximum absolute atomic E-state index is 10.9. The fourth-order valence-electron chi connectivity index (χ4n) is 10.9. The first-order chi connectivity index (χ1) is 35.2. The first-order valence-electron chi connectivity index (χ1n) is 23.9. The Morgan fingerprint density at radius 3 is 1.13 bits per heavy atom. The van der Waals surface area contributed by atoms with Crippen LogP contribution in [0.25, 0.3) is 128 Å². The summed E-state index contributed by atoms with van der Waals surface area (Å²) >= 11 is 0. The fraction of sp³-hybridized carbons (Fsp3) is 0. The van der Waals surface area contributed by atoms with Crippen molar-refractivity contribution in [1.29, 1.82) is 5.26 Å². The summed E-state index contributed by atoms with van der Waals surface area (Å²) in [6, 6.07) is 87.8. The highest BCUT2D eigenvalue weighted by Crippen LogP contribution is 2.40. The number of para-hydroxylation sites is 4. The quantitative estimate of drug-likeness (QED) is 0.160. The highest BCUT2D eigenvalue weighted by atomic mass is 15.0. The zero-order chi connectivity index (χ0) is 47.0. The van der Waals surface area contributed by atoms with Crippen molar-refractivity contribution >= 4 is 65.4 Å². The van der Waals surface area contributed by atoms with Crippen molar-refractivity contribution in [3.8, 4) is 68.2 Å². The van der Waals surface area contributed by atoms with E-state index in [0.29, 0.717) is 11.4 Å². The Hall–Kier alpha value is -9.83. The van der Waals surface area contributed by atoms with Crippen molar-refractivity contribution in [1.82, 2.24) is 23.7 Å². The van der Waals surface area contributed by atoms with Crippen LogP contribution >= 0.6 is 0 Å². The van der Waals surface area contributed by atoms with E-state index in [4.69, 9.17) is 9.97 Å². The average Bonchev–Trinajstić information content (AvgIpc) is 4.08. The van der Waals surface area contributed by atoms with Crippen molar-refractivity contribution in [2.75, 3.05) is 0 Å². The van der Waals surface area contributed by atoms with Gasteiger partial charge in [-0.1, -0.05) is 164 Å². The fourth-order valence-corrected chi connectivity index (χ4v) is 10.9. The maximum atomic E-state index is 10.9. The second-order valence-corrected chi connectivity index (χ2v) is 18.1. The second-order valence-electron chi connectivity index (χ2n) is 18.1.